The summed E-state index contributed by atoms with van der Waals surface area (Å²) in [6, 6.07) is 6.46. The number of benzene rings is 1. The maximum Gasteiger partial charge on any atom is 0.241 e. The maximum absolute atomic E-state index is 11.4. The highest BCUT2D eigenvalue weighted by Crippen LogP contribution is 2.13. The first-order chi connectivity index (χ1) is 6.63. The number of amides is 1. The molecule has 0 aromatic heterocycles. The van der Waals surface area contributed by atoms with Crippen LogP contribution in [0.3, 0.4) is 0 Å². The fourth-order valence-electron chi connectivity index (χ4n) is 0.954. The minimum atomic E-state index is -0.453. The van der Waals surface area contributed by atoms with Crippen LogP contribution in [0.15, 0.2) is 24.3 Å². The fourth-order valence-corrected chi connectivity index (χ4v) is 1.08. The van der Waals surface area contributed by atoms with E-state index in [9.17, 15) is 4.79 Å². The molecule has 0 heterocycles. The highest BCUT2D eigenvalue weighted by molar-refractivity contribution is 6.30. The average molecular weight is 213 g/mol. The molecule has 0 radical (unpaired) electrons. The van der Waals surface area contributed by atoms with Crippen LogP contribution in [0.5, 0.6) is 0 Å². The number of hydrogen-bond donors (Lipinski definition) is 2. The van der Waals surface area contributed by atoms with E-state index < -0.39 is 6.04 Å². The number of nitrogens with one attached hydrogen (secondary N) is 1. The fraction of sp³-hybridized carbons (Fsp3) is 0.300. The van der Waals surface area contributed by atoms with Gasteiger partial charge in [0.2, 0.25) is 5.91 Å². The lowest BCUT2D eigenvalue weighted by molar-refractivity contribution is -0.117. The Labute approximate surface area is 88.2 Å². The van der Waals surface area contributed by atoms with Gasteiger partial charge in [0.25, 0.3) is 0 Å². The van der Waals surface area contributed by atoms with Gasteiger partial charge in [0.05, 0.1) is 6.04 Å². The quantitative estimate of drug-likeness (QED) is 0.806. The third-order valence-electron chi connectivity index (χ3n) is 1.89. The van der Waals surface area contributed by atoms with Gasteiger partial charge in [-0.1, -0.05) is 18.5 Å². The van der Waals surface area contributed by atoms with Crippen LogP contribution in [0.25, 0.3) is 0 Å². The molecule has 14 heavy (non-hydrogen) atoms. The largest absolute Gasteiger partial charge is 0.325 e. The van der Waals surface area contributed by atoms with Gasteiger partial charge in [0.1, 0.15) is 0 Å². The van der Waals surface area contributed by atoms with Gasteiger partial charge in [-0.2, -0.15) is 0 Å². The summed E-state index contributed by atoms with van der Waals surface area (Å²) in [6.45, 7) is 1.87. The van der Waals surface area contributed by atoms with Crippen molar-refractivity contribution in [2.75, 3.05) is 5.32 Å². The van der Waals surface area contributed by atoms with Crippen molar-refractivity contribution < 1.29 is 4.79 Å². The van der Waals surface area contributed by atoms with Crippen molar-refractivity contribution in [2.24, 2.45) is 5.73 Å². The Balaban J connectivity index is 2.60. The van der Waals surface area contributed by atoms with Crippen LogP contribution >= 0.6 is 11.6 Å². The van der Waals surface area contributed by atoms with Crippen molar-refractivity contribution in [3.05, 3.63) is 29.3 Å². The minimum absolute atomic E-state index is 0.171. The molecule has 1 unspecified atom stereocenters. The summed E-state index contributed by atoms with van der Waals surface area (Å²) in [7, 11) is 0. The van der Waals surface area contributed by atoms with E-state index in [1.54, 1.807) is 24.3 Å². The predicted octanol–water partition coefficient (Wildman–Crippen LogP) is 2.02. The summed E-state index contributed by atoms with van der Waals surface area (Å²) in [4.78, 5) is 11.4. The third kappa shape index (κ3) is 3.01. The minimum Gasteiger partial charge on any atom is -0.325 e. The van der Waals surface area contributed by atoms with Gasteiger partial charge >= 0.3 is 0 Å². The first-order valence-electron chi connectivity index (χ1n) is 4.45. The molecular weight excluding hydrogens is 200 g/mol. The molecule has 1 atom stereocenters. The highest BCUT2D eigenvalue weighted by atomic mass is 35.5. The van der Waals surface area contributed by atoms with Gasteiger partial charge in [-0.05, 0) is 30.7 Å². The standard InChI is InChI=1S/C10H13ClN2O/c1-2-9(12)10(14)13-8-5-3-7(11)4-6-8/h3-6,9H,2,12H2,1H3,(H,13,14). The normalized spacial score (nSPS) is 12.2. The SMILES string of the molecule is CCC(N)C(=O)Nc1ccc(Cl)cc1. The van der Waals surface area contributed by atoms with Crippen LogP contribution in [0, 0.1) is 0 Å². The summed E-state index contributed by atoms with van der Waals surface area (Å²) < 4.78 is 0. The molecule has 1 aromatic rings. The number of halogens is 1. The van der Waals surface area contributed by atoms with E-state index in [0.717, 1.165) is 0 Å². The van der Waals surface area contributed by atoms with Gasteiger partial charge in [0.15, 0.2) is 0 Å². The molecule has 3 nitrogen and oxygen atoms in total. The predicted molar refractivity (Wildman–Crippen MR) is 58.3 cm³/mol. The highest BCUT2D eigenvalue weighted by Gasteiger charge is 2.10. The topological polar surface area (TPSA) is 55.1 Å². The van der Waals surface area contributed by atoms with E-state index in [-0.39, 0.29) is 5.91 Å². The zero-order valence-corrected chi connectivity index (χ0v) is 8.71. The van der Waals surface area contributed by atoms with Gasteiger partial charge < -0.3 is 11.1 Å². The Kier molecular flexibility index (Phi) is 3.92. The molecular formula is C10H13ClN2O. The number of rotatable bonds is 3. The van der Waals surface area contributed by atoms with Crippen molar-refractivity contribution in [1.82, 2.24) is 0 Å². The zero-order chi connectivity index (χ0) is 10.6. The van der Waals surface area contributed by atoms with E-state index in [0.29, 0.717) is 17.1 Å². The molecule has 0 bridgehead atoms. The van der Waals surface area contributed by atoms with Crippen LogP contribution in [0.2, 0.25) is 5.02 Å². The number of nitrogens with two attached hydrogens (primary N) is 1. The van der Waals surface area contributed by atoms with Crippen LogP contribution < -0.4 is 11.1 Å². The maximum atomic E-state index is 11.4. The lowest BCUT2D eigenvalue weighted by atomic mass is 10.2. The molecule has 0 saturated heterocycles. The Morgan fingerprint density at radius 3 is 2.57 bits per heavy atom. The molecule has 0 saturated carbocycles. The van der Waals surface area contributed by atoms with Crippen molar-refractivity contribution in [3.63, 3.8) is 0 Å². The smallest absolute Gasteiger partial charge is 0.241 e. The van der Waals surface area contributed by atoms with Crippen LogP contribution in [-0.2, 0) is 4.79 Å². The molecule has 0 fully saturated rings. The lowest BCUT2D eigenvalue weighted by Gasteiger charge is -2.09. The molecule has 3 N–H and O–H groups in total. The van der Waals surface area contributed by atoms with Gasteiger partial charge in [0, 0.05) is 10.7 Å². The Morgan fingerprint density at radius 2 is 2.07 bits per heavy atom. The number of hydrogen-bond acceptors (Lipinski definition) is 2. The molecule has 0 aliphatic carbocycles. The third-order valence-corrected chi connectivity index (χ3v) is 2.14. The first kappa shape index (κ1) is 11.0. The summed E-state index contributed by atoms with van der Waals surface area (Å²) in [5.74, 6) is -0.171. The molecule has 4 heteroatoms. The molecule has 76 valence electrons. The van der Waals surface area contributed by atoms with E-state index in [4.69, 9.17) is 17.3 Å². The monoisotopic (exact) mass is 212 g/mol. The molecule has 0 aliphatic rings. The van der Waals surface area contributed by atoms with Crippen molar-refractivity contribution in [3.8, 4) is 0 Å². The average Bonchev–Trinajstić information content (AvgIpc) is 2.20. The summed E-state index contributed by atoms with van der Waals surface area (Å²) >= 11 is 5.70. The zero-order valence-electron chi connectivity index (χ0n) is 7.96. The van der Waals surface area contributed by atoms with Crippen molar-refractivity contribution in [1.29, 1.82) is 0 Å². The molecule has 0 spiro atoms. The van der Waals surface area contributed by atoms with E-state index >= 15 is 0 Å². The summed E-state index contributed by atoms with van der Waals surface area (Å²) in [6.07, 6.45) is 0.624. The number of anilines is 1. The van der Waals surface area contributed by atoms with Crippen LogP contribution in [0.1, 0.15) is 13.3 Å². The molecule has 1 amide bonds. The second kappa shape index (κ2) is 4.98. The van der Waals surface area contributed by atoms with Crippen LogP contribution in [0.4, 0.5) is 5.69 Å². The summed E-state index contributed by atoms with van der Waals surface area (Å²) in [5.41, 5.74) is 6.27. The molecule has 0 aliphatic heterocycles. The van der Waals surface area contributed by atoms with Crippen LogP contribution in [-0.4, -0.2) is 11.9 Å². The van der Waals surface area contributed by atoms with Crippen molar-refractivity contribution >= 4 is 23.2 Å². The Bertz CT molecular complexity index is 310. The Hall–Kier alpha value is -1.06. The van der Waals surface area contributed by atoms with E-state index in [1.165, 1.54) is 0 Å². The van der Waals surface area contributed by atoms with Crippen molar-refractivity contribution in [2.45, 2.75) is 19.4 Å². The first-order valence-corrected chi connectivity index (χ1v) is 4.83. The molecule has 1 aromatic carbocycles. The van der Waals surface area contributed by atoms with Gasteiger partial charge in [-0.25, -0.2) is 0 Å². The second-order valence-corrected chi connectivity index (χ2v) is 3.45. The Morgan fingerprint density at radius 1 is 1.50 bits per heavy atom. The summed E-state index contributed by atoms with van der Waals surface area (Å²) in [5, 5.41) is 3.34. The van der Waals surface area contributed by atoms with E-state index in [2.05, 4.69) is 5.32 Å². The van der Waals surface area contributed by atoms with Gasteiger partial charge in [-0.3, -0.25) is 4.79 Å². The van der Waals surface area contributed by atoms with Gasteiger partial charge in [-0.15, -0.1) is 0 Å². The van der Waals surface area contributed by atoms with E-state index in [1.807, 2.05) is 6.92 Å². The molecule has 1 rings (SSSR count). The second-order valence-electron chi connectivity index (χ2n) is 3.01. The number of carbonyl (C=O) groups excluding carboxylic acids is 1. The lowest BCUT2D eigenvalue weighted by Crippen LogP contribution is -2.34. The number of carbonyl (C=O) groups is 1.